The molecule has 1 aromatic heterocycles. The average molecular weight is 279 g/mol. The third kappa shape index (κ3) is 2.99. The summed E-state index contributed by atoms with van der Waals surface area (Å²) in [6, 6.07) is 4.12. The zero-order chi connectivity index (χ0) is 11.6. The van der Waals surface area contributed by atoms with Gasteiger partial charge in [-0.05, 0) is 36.1 Å². The van der Waals surface area contributed by atoms with Crippen LogP contribution in [0.25, 0.3) is 0 Å². The largest absolute Gasteiger partial charge is 0.229 e. The van der Waals surface area contributed by atoms with Crippen LogP contribution in [0.1, 0.15) is 11.3 Å². The van der Waals surface area contributed by atoms with Crippen molar-refractivity contribution >= 4 is 32.8 Å². The molecule has 2 unspecified atom stereocenters. The highest BCUT2D eigenvalue weighted by atomic mass is 35.5. The normalized spacial score (nSPS) is 25.7. The maximum absolute atomic E-state index is 11.4. The molecule has 5 heteroatoms. The van der Waals surface area contributed by atoms with Crippen LogP contribution in [0.3, 0.4) is 0 Å². The summed E-state index contributed by atoms with van der Waals surface area (Å²) in [4.78, 5) is 1.30. The lowest BCUT2D eigenvalue weighted by Gasteiger charge is -2.18. The topological polar surface area (TPSA) is 34.1 Å². The zero-order valence-electron chi connectivity index (χ0n) is 8.93. The van der Waals surface area contributed by atoms with E-state index >= 15 is 0 Å². The molecule has 1 fully saturated rings. The highest BCUT2D eigenvalue weighted by Crippen LogP contribution is 2.30. The number of hydrogen-bond acceptors (Lipinski definition) is 3. The van der Waals surface area contributed by atoms with E-state index in [0.717, 1.165) is 12.8 Å². The lowest BCUT2D eigenvalue weighted by atomic mass is 9.90. The summed E-state index contributed by atoms with van der Waals surface area (Å²) in [6.07, 6.45) is 1.70. The molecule has 2 heterocycles. The van der Waals surface area contributed by atoms with E-state index in [1.807, 2.05) is 11.4 Å². The van der Waals surface area contributed by atoms with Crippen molar-refractivity contribution in [1.82, 2.24) is 0 Å². The van der Waals surface area contributed by atoms with Gasteiger partial charge < -0.3 is 0 Å². The number of hydrogen-bond donors (Lipinski definition) is 0. The van der Waals surface area contributed by atoms with Crippen LogP contribution >= 0.6 is 22.9 Å². The van der Waals surface area contributed by atoms with Gasteiger partial charge in [0.1, 0.15) is 0 Å². The van der Waals surface area contributed by atoms with Gasteiger partial charge in [0.2, 0.25) is 0 Å². The van der Waals surface area contributed by atoms with Gasteiger partial charge in [-0.25, -0.2) is 8.42 Å². The molecular weight excluding hydrogens is 264 g/mol. The SMILES string of the molecule is O=S1(=O)CCC(C(CCl)Cc2cccs2)C1. The number of halogens is 1. The predicted molar refractivity (Wildman–Crippen MR) is 69.0 cm³/mol. The van der Waals surface area contributed by atoms with Crippen LogP contribution in [0.4, 0.5) is 0 Å². The summed E-state index contributed by atoms with van der Waals surface area (Å²) in [5.74, 6) is 1.78. The predicted octanol–water partition coefficient (Wildman–Crippen LogP) is 2.58. The van der Waals surface area contributed by atoms with Crippen molar-refractivity contribution in [3.63, 3.8) is 0 Å². The molecule has 1 saturated heterocycles. The van der Waals surface area contributed by atoms with E-state index in [2.05, 4.69) is 6.07 Å². The van der Waals surface area contributed by atoms with E-state index in [4.69, 9.17) is 11.6 Å². The van der Waals surface area contributed by atoms with Crippen LogP contribution in [-0.2, 0) is 16.3 Å². The minimum absolute atomic E-state index is 0.254. The van der Waals surface area contributed by atoms with Crippen LogP contribution in [0.2, 0.25) is 0 Å². The highest BCUT2D eigenvalue weighted by Gasteiger charge is 2.33. The van der Waals surface area contributed by atoms with Crippen LogP contribution in [-0.4, -0.2) is 25.8 Å². The Morgan fingerprint density at radius 1 is 1.56 bits per heavy atom. The molecule has 1 aliphatic heterocycles. The Balaban J connectivity index is 2.01. The Morgan fingerprint density at radius 2 is 2.38 bits per heavy atom. The molecule has 2 nitrogen and oxygen atoms in total. The summed E-state index contributed by atoms with van der Waals surface area (Å²) in [5, 5.41) is 2.05. The first-order chi connectivity index (χ1) is 7.61. The van der Waals surface area contributed by atoms with E-state index in [9.17, 15) is 8.42 Å². The standard InChI is InChI=1S/C11H15ClO2S2/c12-7-10(6-11-2-1-4-15-11)9-3-5-16(13,14)8-9/h1-2,4,9-10H,3,5-8H2. The summed E-state index contributed by atoms with van der Waals surface area (Å²) in [6.45, 7) is 0. The molecule has 1 aliphatic rings. The molecule has 0 aliphatic carbocycles. The molecule has 0 N–H and O–H groups in total. The number of sulfone groups is 1. The van der Waals surface area contributed by atoms with Crippen molar-refractivity contribution in [2.75, 3.05) is 17.4 Å². The zero-order valence-corrected chi connectivity index (χ0v) is 11.3. The number of thiophene rings is 1. The minimum Gasteiger partial charge on any atom is -0.229 e. The Morgan fingerprint density at radius 3 is 2.88 bits per heavy atom. The summed E-state index contributed by atoms with van der Waals surface area (Å²) >= 11 is 7.68. The van der Waals surface area contributed by atoms with Gasteiger partial charge in [-0.15, -0.1) is 22.9 Å². The lowest BCUT2D eigenvalue weighted by molar-refractivity contribution is 0.400. The highest BCUT2D eigenvalue weighted by molar-refractivity contribution is 7.91. The van der Waals surface area contributed by atoms with Gasteiger partial charge in [-0.1, -0.05) is 6.07 Å². The van der Waals surface area contributed by atoms with Gasteiger partial charge in [0, 0.05) is 10.8 Å². The fourth-order valence-electron chi connectivity index (χ4n) is 2.23. The van der Waals surface area contributed by atoms with Crippen molar-refractivity contribution in [2.45, 2.75) is 12.8 Å². The van der Waals surface area contributed by atoms with E-state index in [-0.39, 0.29) is 5.92 Å². The summed E-state index contributed by atoms with van der Waals surface area (Å²) < 4.78 is 22.8. The van der Waals surface area contributed by atoms with Crippen LogP contribution < -0.4 is 0 Å². The summed E-state index contributed by atoms with van der Waals surface area (Å²) in [5.41, 5.74) is 0. The third-order valence-electron chi connectivity index (χ3n) is 3.18. The van der Waals surface area contributed by atoms with E-state index < -0.39 is 9.84 Å². The van der Waals surface area contributed by atoms with Gasteiger partial charge in [-0.3, -0.25) is 0 Å². The molecule has 0 amide bonds. The van der Waals surface area contributed by atoms with Crippen molar-refractivity contribution < 1.29 is 8.42 Å². The second kappa shape index (κ2) is 5.07. The Labute approximate surface area is 106 Å². The van der Waals surface area contributed by atoms with Crippen LogP contribution in [0.5, 0.6) is 0 Å². The monoisotopic (exact) mass is 278 g/mol. The minimum atomic E-state index is -2.78. The van der Waals surface area contributed by atoms with Gasteiger partial charge >= 0.3 is 0 Å². The Kier molecular flexibility index (Phi) is 3.93. The van der Waals surface area contributed by atoms with E-state index in [1.165, 1.54) is 4.88 Å². The van der Waals surface area contributed by atoms with E-state index in [1.54, 1.807) is 11.3 Å². The fraction of sp³-hybridized carbons (Fsp3) is 0.636. The molecular formula is C11H15ClO2S2. The molecule has 0 aromatic carbocycles. The number of alkyl halides is 1. The van der Waals surface area contributed by atoms with Crippen molar-refractivity contribution in [1.29, 1.82) is 0 Å². The smallest absolute Gasteiger partial charge is 0.150 e. The fourth-order valence-corrected chi connectivity index (χ4v) is 5.31. The summed E-state index contributed by atoms with van der Waals surface area (Å²) in [7, 11) is -2.78. The molecule has 2 atom stereocenters. The maximum Gasteiger partial charge on any atom is 0.150 e. The van der Waals surface area contributed by atoms with Gasteiger partial charge in [-0.2, -0.15) is 0 Å². The average Bonchev–Trinajstić information content (AvgIpc) is 2.83. The Bertz CT molecular complexity index is 425. The molecule has 0 saturated carbocycles. The molecule has 1 aromatic rings. The molecule has 2 rings (SSSR count). The molecule has 0 spiro atoms. The molecule has 0 radical (unpaired) electrons. The maximum atomic E-state index is 11.4. The lowest BCUT2D eigenvalue weighted by Crippen LogP contribution is -2.19. The van der Waals surface area contributed by atoms with Crippen LogP contribution in [0, 0.1) is 11.8 Å². The van der Waals surface area contributed by atoms with Crippen LogP contribution in [0.15, 0.2) is 17.5 Å². The molecule has 0 bridgehead atoms. The first kappa shape index (κ1) is 12.4. The quantitative estimate of drug-likeness (QED) is 0.794. The second-order valence-corrected chi connectivity index (χ2v) is 7.93. The molecule has 90 valence electrons. The number of rotatable bonds is 4. The van der Waals surface area contributed by atoms with Gasteiger partial charge in [0.25, 0.3) is 0 Å². The van der Waals surface area contributed by atoms with Gasteiger partial charge in [0.05, 0.1) is 11.5 Å². The van der Waals surface area contributed by atoms with E-state index in [0.29, 0.717) is 23.3 Å². The van der Waals surface area contributed by atoms with Crippen molar-refractivity contribution in [3.05, 3.63) is 22.4 Å². The Hall–Kier alpha value is -0.0600. The van der Waals surface area contributed by atoms with Gasteiger partial charge in [0.15, 0.2) is 9.84 Å². The second-order valence-electron chi connectivity index (χ2n) is 4.36. The first-order valence-corrected chi connectivity index (χ1v) is 8.63. The first-order valence-electron chi connectivity index (χ1n) is 5.39. The third-order valence-corrected chi connectivity index (χ3v) is 6.26. The molecule has 16 heavy (non-hydrogen) atoms. The van der Waals surface area contributed by atoms with Crippen molar-refractivity contribution in [3.8, 4) is 0 Å². The van der Waals surface area contributed by atoms with Crippen molar-refractivity contribution in [2.24, 2.45) is 11.8 Å².